The van der Waals surface area contributed by atoms with Gasteiger partial charge in [-0.25, -0.2) is 26.3 Å². The van der Waals surface area contributed by atoms with Crippen molar-refractivity contribution in [2.45, 2.75) is 42.1 Å². The molecule has 0 radical (unpaired) electrons. The molecule has 0 saturated heterocycles. The smallest absolute Gasteiger partial charge is 0.241 e. The SMILES string of the molecule is CC(NS(=O)(=O)c1ccc(Cc2ccc(S(=O)(=O)NC(C)c3ccc4c(c3)OCO4)cc2)cc1)c1ccc2c(c1)OCO2. The summed E-state index contributed by atoms with van der Waals surface area (Å²) in [6.07, 6.45) is 0.503. The second kappa shape index (κ2) is 11.5. The van der Waals surface area contributed by atoms with Crippen LogP contribution in [0.3, 0.4) is 0 Å². The molecule has 0 amide bonds. The van der Waals surface area contributed by atoms with Crippen molar-refractivity contribution in [3.63, 3.8) is 0 Å². The van der Waals surface area contributed by atoms with Crippen LogP contribution in [0, 0.1) is 0 Å². The Bertz CT molecular complexity index is 1720. The van der Waals surface area contributed by atoms with E-state index in [1.54, 1.807) is 98.8 Å². The molecule has 2 aliphatic heterocycles. The number of ether oxygens (including phenoxy) is 4. The van der Waals surface area contributed by atoms with Gasteiger partial charge in [-0.15, -0.1) is 0 Å². The topological polar surface area (TPSA) is 129 Å². The van der Waals surface area contributed by atoms with E-state index >= 15 is 0 Å². The molecule has 0 bridgehead atoms. The molecule has 2 unspecified atom stereocenters. The van der Waals surface area contributed by atoms with E-state index in [0.717, 1.165) is 22.3 Å². The van der Waals surface area contributed by atoms with E-state index in [9.17, 15) is 16.8 Å². The number of hydrogen-bond acceptors (Lipinski definition) is 8. The van der Waals surface area contributed by atoms with Gasteiger partial charge in [-0.3, -0.25) is 0 Å². The Morgan fingerprint density at radius 2 is 0.930 bits per heavy atom. The highest BCUT2D eigenvalue weighted by Crippen LogP contribution is 2.35. The summed E-state index contributed by atoms with van der Waals surface area (Å²) in [6, 6.07) is 22.9. The molecule has 0 saturated carbocycles. The summed E-state index contributed by atoms with van der Waals surface area (Å²) >= 11 is 0. The monoisotopic (exact) mass is 622 g/mol. The van der Waals surface area contributed by atoms with Gasteiger partial charge in [0.05, 0.1) is 9.79 Å². The predicted molar refractivity (Wildman–Crippen MR) is 158 cm³/mol. The average molecular weight is 623 g/mol. The lowest BCUT2D eigenvalue weighted by Crippen LogP contribution is -2.27. The zero-order valence-electron chi connectivity index (χ0n) is 23.4. The molecule has 0 spiro atoms. The molecule has 0 aromatic heterocycles. The van der Waals surface area contributed by atoms with Gasteiger partial charge < -0.3 is 18.9 Å². The lowest BCUT2D eigenvalue weighted by atomic mass is 10.1. The van der Waals surface area contributed by atoms with E-state index in [1.807, 2.05) is 0 Å². The van der Waals surface area contributed by atoms with Crippen LogP contribution in [0.1, 0.15) is 48.2 Å². The summed E-state index contributed by atoms with van der Waals surface area (Å²) in [5.41, 5.74) is 3.28. The molecular weight excluding hydrogens is 592 g/mol. The zero-order valence-corrected chi connectivity index (χ0v) is 25.1. The van der Waals surface area contributed by atoms with Gasteiger partial charge >= 0.3 is 0 Å². The number of fused-ring (bicyclic) bond motifs is 2. The van der Waals surface area contributed by atoms with Crippen LogP contribution in [-0.4, -0.2) is 30.4 Å². The molecular formula is C31H30N2O8S2. The van der Waals surface area contributed by atoms with Crippen molar-refractivity contribution in [3.05, 3.63) is 107 Å². The van der Waals surface area contributed by atoms with Gasteiger partial charge in [-0.05, 0) is 91.1 Å². The second-order valence-electron chi connectivity index (χ2n) is 10.4. The van der Waals surface area contributed by atoms with Crippen molar-refractivity contribution >= 4 is 20.0 Å². The first-order chi connectivity index (χ1) is 20.6. The Balaban J connectivity index is 1.07. The standard InChI is InChI=1S/C31H30N2O8S2/c1-20(24-7-13-28-30(16-24)40-18-38-28)32-42(34,35)26-9-3-22(4-10-26)15-23-5-11-27(12-6-23)43(36,37)33-21(2)25-8-14-29-31(17-25)41-19-39-29/h3-14,16-17,20-21,32-33H,15,18-19H2,1-2H3. The van der Waals surface area contributed by atoms with Crippen molar-refractivity contribution in [3.8, 4) is 23.0 Å². The molecule has 2 heterocycles. The lowest BCUT2D eigenvalue weighted by Gasteiger charge is -2.16. The van der Waals surface area contributed by atoms with Gasteiger partial charge in [-0.2, -0.15) is 0 Å². The summed E-state index contributed by atoms with van der Waals surface area (Å²) in [5, 5.41) is 0. The fourth-order valence-electron chi connectivity index (χ4n) is 4.91. The maximum Gasteiger partial charge on any atom is 0.241 e. The van der Waals surface area contributed by atoms with E-state index < -0.39 is 32.1 Å². The van der Waals surface area contributed by atoms with Gasteiger partial charge in [-0.1, -0.05) is 36.4 Å². The van der Waals surface area contributed by atoms with Crippen molar-refractivity contribution in [2.75, 3.05) is 13.6 Å². The highest BCUT2D eigenvalue weighted by Gasteiger charge is 2.23. The van der Waals surface area contributed by atoms with Crippen molar-refractivity contribution in [1.29, 1.82) is 0 Å². The summed E-state index contributed by atoms with van der Waals surface area (Å²) in [5.74, 6) is 2.44. The summed E-state index contributed by atoms with van der Waals surface area (Å²) < 4.78 is 78.9. The fraction of sp³-hybridized carbons (Fsp3) is 0.226. The molecule has 4 aromatic carbocycles. The van der Waals surface area contributed by atoms with Crippen molar-refractivity contribution < 1.29 is 35.8 Å². The Morgan fingerprint density at radius 1 is 0.558 bits per heavy atom. The van der Waals surface area contributed by atoms with Crippen LogP contribution < -0.4 is 28.4 Å². The summed E-state index contributed by atoms with van der Waals surface area (Å²) in [7, 11) is -7.55. The molecule has 43 heavy (non-hydrogen) atoms. The Hall–Kier alpha value is -4.10. The normalized spacial score (nSPS) is 15.3. The Labute approximate surface area is 250 Å². The Morgan fingerprint density at radius 3 is 1.33 bits per heavy atom. The predicted octanol–water partition coefficient (Wildman–Crippen LogP) is 4.81. The first-order valence-electron chi connectivity index (χ1n) is 13.6. The average Bonchev–Trinajstić information content (AvgIpc) is 3.66. The molecule has 2 N–H and O–H groups in total. The molecule has 4 aromatic rings. The van der Waals surface area contributed by atoms with Crippen molar-refractivity contribution in [2.24, 2.45) is 0 Å². The van der Waals surface area contributed by atoms with Crippen molar-refractivity contribution in [1.82, 2.24) is 9.44 Å². The number of nitrogens with one attached hydrogen (secondary N) is 2. The van der Waals surface area contributed by atoms with Gasteiger partial charge in [0.1, 0.15) is 0 Å². The van der Waals surface area contributed by atoms with Crippen LogP contribution >= 0.6 is 0 Å². The third-order valence-corrected chi connectivity index (χ3v) is 10.4. The minimum Gasteiger partial charge on any atom is -0.454 e. The van der Waals surface area contributed by atoms with Gasteiger partial charge in [0.15, 0.2) is 23.0 Å². The highest BCUT2D eigenvalue weighted by atomic mass is 32.2. The first kappa shape index (κ1) is 29.0. The molecule has 2 aliphatic rings. The largest absolute Gasteiger partial charge is 0.454 e. The number of hydrogen-bond donors (Lipinski definition) is 2. The molecule has 10 nitrogen and oxygen atoms in total. The first-order valence-corrected chi connectivity index (χ1v) is 16.6. The van der Waals surface area contributed by atoms with E-state index in [1.165, 1.54) is 0 Å². The fourth-order valence-corrected chi connectivity index (χ4v) is 7.38. The van der Waals surface area contributed by atoms with Crippen LogP contribution in [0.15, 0.2) is 94.7 Å². The van der Waals surface area contributed by atoms with Gasteiger partial charge in [0.25, 0.3) is 0 Å². The quantitative estimate of drug-likeness (QED) is 0.258. The van der Waals surface area contributed by atoms with Gasteiger partial charge in [0, 0.05) is 12.1 Å². The van der Waals surface area contributed by atoms with Crippen LogP contribution in [-0.2, 0) is 26.5 Å². The molecule has 6 rings (SSSR count). The van der Waals surface area contributed by atoms with E-state index in [2.05, 4.69) is 9.44 Å². The summed E-state index contributed by atoms with van der Waals surface area (Å²) in [4.78, 5) is 0.292. The molecule has 2 atom stereocenters. The molecule has 0 fully saturated rings. The van der Waals surface area contributed by atoms with Crippen LogP contribution in [0.25, 0.3) is 0 Å². The molecule has 0 aliphatic carbocycles. The number of sulfonamides is 2. The highest BCUT2D eigenvalue weighted by molar-refractivity contribution is 7.89. The lowest BCUT2D eigenvalue weighted by molar-refractivity contribution is 0.173. The number of benzene rings is 4. The third-order valence-electron chi connectivity index (χ3n) is 7.33. The maximum absolute atomic E-state index is 13.0. The van der Waals surface area contributed by atoms with Crippen LogP contribution in [0.2, 0.25) is 0 Å². The zero-order chi connectivity index (χ0) is 30.2. The summed E-state index contributed by atoms with van der Waals surface area (Å²) in [6.45, 7) is 3.82. The van der Waals surface area contributed by atoms with Crippen LogP contribution in [0.5, 0.6) is 23.0 Å². The molecule has 12 heteroatoms. The Kier molecular flexibility index (Phi) is 7.77. The minimum absolute atomic E-state index is 0.146. The van der Waals surface area contributed by atoms with Crippen LogP contribution in [0.4, 0.5) is 0 Å². The minimum atomic E-state index is -3.78. The van der Waals surface area contributed by atoms with E-state index in [-0.39, 0.29) is 23.4 Å². The number of rotatable bonds is 10. The molecule has 224 valence electrons. The van der Waals surface area contributed by atoms with E-state index in [4.69, 9.17) is 18.9 Å². The van der Waals surface area contributed by atoms with E-state index in [0.29, 0.717) is 29.4 Å². The third kappa shape index (κ3) is 6.32. The van der Waals surface area contributed by atoms with Gasteiger partial charge in [0.2, 0.25) is 33.6 Å². The maximum atomic E-state index is 13.0. The second-order valence-corrected chi connectivity index (χ2v) is 13.8.